The van der Waals surface area contributed by atoms with Crippen molar-refractivity contribution in [2.75, 3.05) is 39.5 Å². The largest absolute Gasteiger partial charge is 0.396 e. The molecule has 4 nitrogen and oxygen atoms in total. The molecule has 0 aliphatic carbocycles. The summed E-state index contributed by atoms with van der Waals surface area (Å²) in [5.74, 6) is 0.470. The maximum absolute atomic E-state index is 9.05. The monoisotopic (exact) mass is 231 g/mol. The minimum absolute atomic E-state index is 0.0665. The fourth-order valence-corrected chi connectivity index (χ4v) is 2.14. The summed E-state index contributed by atoms with van der Waals surface area (Å²) in [4.78, 5) is 2.38. The Morgan fingerprint density at radius 2 is 2.00 bits per heavy atom. The Kier molecular flexibility index (Phi) is 6.96. The zero-order valence-corrected chi connectivity index (χ0v) is 10.5. The van der Waals surface area contributed by atoms with Gasteiger partial charge in [-0.25, -0.2) is 0 Å². The third-order valence-corrected chi connectivity index (χ3v) is 3.01. The number of hydrogen-bond donors (Lipinski definition) is 1. The lowest BCUT2D eigenvalue weighted by Crippen LogP contribution is -2.28. The zero-order chi connectivity index (χ0) is 11.8. The van der Waals surface area contributed by atoms with Crippen molar-refractivity contribution >= 4 is 0 Å². The molecule has 0 saturated carbocycles. The Labute approximate surface area is 98.5 Å². The van der Waals surface area contributed by atoms with E-state index in [4.69, 9.17) is 14.6 Å². The van der Waals surface area contributed by atoms with Gasteiger partial charge in [0.2, 0.25) is 0 Å². The van der Waals surface area contributed by atoms with Gasteiger partial charge in [-0.05, 0) is 32.7 Å². The molecule has 96 valence electrons. The zero-order valence-electron chi connectivity index (χ0n) is 10.5. The number of nitrogens with zero attached hydrogens (tertiary/aromatic N) is 1. The summed E-state index contributed by atoms with van der Waals surface area (Å²) in [6.07, 6.45) is 1.97. The molecule has 1 N–H and O–H groups in total. The van der Waals surface area contributed by atoms with Crippen LogP contribution >= 0.6 is 0 Å². The number of rotatable bonds is 8. The minimum Gasteiger partial charge on any atom is -0.396 e. The molecule has 1 aliphatic rings. The number of aliphatic hydroxyl groups excluding tert-OH is 1. The van der Waals surface area contributed by atoms with Gasteiger partial charge in [-0.15, -0.1) is 0 Å². The van der Waals surface area contributed by atoms with E-state index >= 15 is 0 Å². The van der Waals surface area contributed by atoms with Crippen molar-refractivity contribution in [2.45, 2.75) is 33.0 Å². The summed E-state index contributed by atoms with van der Waals surface area (Å²) in [7, 11) is 0. The van der Waals surface area contributed by atoms with Gasteiger partial charge in [0, 0.05) is 39.3 Å². The third kappa shape index (κ3) is 4.78. The Bertz CT molecular complexity index is 172. The second-order valence-corrected chi connectivity index (χ2v) is 4.27. The molecular formula is C12H25NO3. The van der Waals surface area contributed by atoms with E-state index in [1.54, 1.807) is 0 Å². The summed E-state index contributed by atoms with van der Waals surface area (Å²) in [6, 6.07) is 0. The molecule has 1 atom stereocenters. The van der Waals surface area contributed by atoms with E-state index in [-0.39, 0.29) is 6.29 Å². The molecule has 0 spiro atoms. The fraction of sp³-hybridized carbons (Fsp3) is 1.00. The molecule has 1 rings (SSSR count). The molecular weight excluding hydrogens is 206 g/mol. The average Bonchev–Trinajstić information content (AvgIpc) is 2.74. The number of likely N-dealkylation sites (tertiary alicyclic amines) is 1. The molecule has 1 unspecified atom stereocenters. The van der Waals surface area contributed by atoms with Gasteiger partial charge >= 0.3 is 0 Å². The van der Waals surface area contributed by atoms with E-state index in [1.165, 1.54) is 0 Å². The van der Waals surface area contributed by atoms with Crippen LogP contribution in [0.2, 0.25) is 0 Å². The van der Waals surface area contributed by atoms with Crippen LogP contribution < -0.4 is 0 Å². The molecule has 0 amide bonds. The van der Waals surface area contributed by atoms with Crippen LogP contribution in [0.4, 0.5) is 0 Å². The predicted molar refractivity (Wildman–Crippen MR) is 63.3 cm³/mol. The van der Waals surface area contributed by atoms with Gasteiger partial charge in [-0.3, -0.25) is 0 Å². The second kappa shape index (κ2) is 8.01. The highest BCUT2D eigenvalue weighted by atomic mass is 16.7. The summed E-state index contributed by atoms with van der Waals surface area (Å²) in [6.45, 7) is 8.80. The molecule has 0 aromatic heterocycles. The van der Waals surface area contributed by atoms with Crippen LogP contribution in [-0.2, 0) is 9.47 Å². The van der Waals surface area contributed by atoms with Crippen molar-refractivity contribution in [3.05, 3.63) is 0 Å². The van der Waals surface area contributed by atoms with E-state index in [2.05, 4.69) is 4.90 Å². The van der Waals surface area contributed by atoms with Crippen LogP contribution in [0, 0.1) is 5.92 Å². The van der Waals surface area contributed by atoms with E-state index in [1.807, 2.05) is 13.8 Å². The van der Waals surface area contributed by atoms with E-state index in [9.17, 15) is 0 Å². The maximum atomic E-state index is 9.05. The lowest BCUT2D eigenvalue weighted by atomic mass is 10.1. The molecule has 0 aromatic rings. The maximum Gasteiger partial charge on any atom is 0.158 e. The first kappa shape index (κ1) is 13.9. The third-order valence-electron chi connectivity index (χ3n) is 3.01. The number of aliphatic hydroxyl groups is 1. The molecule has 1 fully saturated rings. The second-order valence-electron chi connectivity index (χ2n) is 4.27. The van der Waals surface area contributed by atoms with Crippen LogP contribution in [-0.4, -0.2) is 55.8 Å². The smallest absolute Gasteiger partial charge is 0.158 e. The molecule has 1 aliphatic heterocycles. The first-order valence-corrected chi connectivity index (χ1v) is 6.36. The molecule has 4 heteroatoms. The summed E-state index contributed by atoms with van der Waals surface area (Å²) < 4.78 is 11.0. The van der Waals surface area contributed by atoms with Crippen molar-refractivity contribution in [3.63, 3.8) is 0 Å². The van der Waals surface area contributed by atoms with Gasteiger partial charge in [0.15, 0.2) is 6.29 Å². The Balaban J connectivity index is 2.16. The van der Waals surface area contributed by atoms with Gasteiger partial charge in [0.1, 0.15) is 0 Å². The highest BCUT2D eigenvalue weighted by Crippen LogP contribution is 2.16. The lowest BCUT2D eigenvalue weighted by Gasteiger charge is -2.21. The van der Waals surface area contributed by atoms with Crippen LogP contribution in [0.3, 0.4) is 0 Å². The molecule has 0 radical (unpaired) electrons. The molecule has 0 bridgehead atoms. The van der Waals surface area contributed by atoms with E-state index in [0.29, 0.717) is 25.7 Å². The van der Waals surface area contributed by atoms with Gasteiger partial charge in [-0.2, -0.15) is 0 Å². The van der Waals surface area contributed by atoms with E-state index < -0.39 is 0 Å². The van der Waals surface area contributed by atoms with Crippen molar-refractivity contribution in [1.29, 1.82) is 0 Å². The van der Waals surface area contributed by atoms with Crippen LogP contribution in [0.1, 0.15) is 26.7 Å². The SMILES string of the molecule is CCOC(CCN1CCC(CO)C1)OCC. The summed E-state index contributed by atoms with van der Waals surface area (Å²) >= 11 is 0. The van der Waals surface area contributed by atoms with Gasteiger partial charge in [0.25, 0.3) is 0 Å². The van der Waals surface area contributed by atoms with Crippen molar-refractivity contribution in [2.24, 2.45) is 5.92 Å². The van der Waals surface area contributed by atoms with E-state index in [0.717, 1.165) is 32.5 Å². The first-order valence-electron chi connectivity index (χ1n) is 6.36. The van der Waals surface area contributed by atoms with Gasteiger partial charge < -0.3 is 19.5 Å². The molecule has 1 heterocycles. The highest BCUT2D eigenvalue weighted by Gasteiger charge is 2.22. The predicted octanol–water partition coefficient (Wildman–Crippen LogP) is 1.09. The number of ether oxygens (including phenoxy) is 2. The van der Waals surface area contributed by atoms with Crippen molar-refractivity contribution < 1.29 is 14.6 Å². The van der Waals surface area contributed by atoms with Crippen LogP contribution in [0.15, 0.2) is 0 Å². The minimum atomic E-state index is -0.0665. The normalized spacial score (nSPS) is 22.1. The molecule has 1 saturated heterocycles. The first-order chi connectivity index (χ1) is 7.80. The van der Waals surface area contributed by atoms with Crippen LogP contribution in [0.25, 0.3) is 0 Å². The van der Waals surface area contributed by atoms with Crippen LogP contribution in [0.5, 0.6) is 0 Å². The summed E-state index contributed by atoms with van der Waals surface area (Å²) in [5.41, 5.74) is 0. The van der Waals surface area contributed by atoms with Gasteiger partial charge in [0.05, 0.1) is 0 Å². The quantitative estimate of drug-likeness (QED) is 0.635. The molecule has 0 aromatic carbocycles. The Morgan fingerprint density at radius 3 is 2.50 bits per heavy atom. The highest BCUT2D eigenvalue weighted by molar-refractivity contribution is 4.74. The summed E-state index contributed by atoms with van der Waals surface area (Å²) in [5, 5.41) is 9.05. The number of hydrogen-bond acceptors (Lipinski definition) is 4. The topological polar surface area (TPSA) is 41.9 Å². The van der Waals surface area contributed by atoms with Crippen molar-refractivity contribution in [3.8, 4) is 0 Å². The lowest BCUT2D eigenvalue weighted by molar-refractivity contribution is -0.141. The molecule has 16 heavy (non-hydrogen) atoms. The van der Waals surface area contributed by atoms with Crippen molar-refractivity contribution in [1.82, 2.24) is 4.90 Å². The fourth-order valence-electron chi connectivity index (χ4n) is 2.14. The standard InChI is InChI=1S/C12H25NO3/c1-3-15-12(16-4-2)6-8-13-7-5-11(9-13)10-14/h11-12,14H,3-10H2,1-2H3. The average molecular weight is 231 g/mol. The Morgan fingerprint density at radius 1 is 1.31 bits per heavy atom. The van der Waals surface area contributed by atoms with Gasteiger partial charge in [-0.1, -0.05) is 0 Å². The Hall–Kier alpha value is -0.160.